The molecule has 0 saturated carbocycles. The second-order valence-electron chi connectivity index (χ2n) is 8.82. The molecule has 2 aliphatic rings. The standard InChI is InChI=1S/C22H35N3O.2ClH/c1-17(19-9-6-11-23-14-19)13-21(26)24-16-22(2,3)25-12-10-18-7-4-5-8-20(18)15-25;;/h4-5,7-8,17,19,23H,6,9-16H2,1-3H3,(H,24,26);2*1H. The molecular weight excluding hydrogens is 393 g/mol. The molecule has 2 aliphatic heterocycles. The molecule has 0 radical (unpaired) electrons. The van der Waals surface area contributed by atoms with Gasteiger partial charge in [-0.15, -0.1) is 24.8 Å². The zero-order chi connectivity index (χ0) is 18.6. The van der Waals surface area contributed by atoms with Crippen LogP contribution in [-0.2, 0) is 17.8 Å². The van der Waals surface area contributed by atoms with Gasteiger partial charge in [-0.2, -0.15) is 0 Å². The van der Waals surface area contributed by atoms with Gasteiger partial charge in [0.15, 0.2) is 0 Å². The van der Waals surface area contributed by atoms with Crippen LogP contribution in [0.3, 0.4) is 0 Å². The SMILES string of the molecule is CC(CC(=O)NCC(C)(C)N1CCc2ccccc2C1)C1CCCNC1.Cl.Cl. The summed E-state index contributed by atoms with van der Waals surface area (Å²) < 4.78 is 0. The number of rotatable bonds is 6. The predicted molar refractivity (Wildman–Crippen MR) is 122 cm³/mol. The Morgan fingerprint density at radius 3 is 2.68 bits per heavy atom. The average Bonchev–Trinajstić information content (AvgIpc) is 2.67. The first-order valence-electron chi connectivity index (χ1n) is 10.2. The highest BCUT2D eigenvalue weighted by molar-refractivity contribution is 5.85. The van der Waals surface area contributed by atoms with Crippen LogP contribution in [0, 0.1) is 11.8 Å². The number of carbonyl (C=O) groups is 1. The van der Waals surface area contributed by atoms with E-state index in [0.717, 1.165) is 32.6 Å². The minimum absolute atomic E-state index is 0. The Bertz CT molecular complexity index is 618. The van der Waals surface area contributed by atoms with E-state index in [0.29, 0.717) is 24.8 Å². The van der Waals surface area contributed by atoms with E-state index in [2.05, 4.69) is 60.6 Å². The number of hydrogen-bond acceptors (Lipinski definition) is 3. The molecule has 1 fully saturated rings. The number of halogens is 2. The summed E-state index contributed by atoms with van der Waals surface area (Å²) in [4.78, 5) is 15.0. The molecule has 1 aromatic carbocycles. The fourth-order valence-electron chi connectivity index (χ4n) is 4.33. The summed E-state index contributed by atoms with van der Waals surface area (Å²) in [6.07, 6.45) is 4.23. The molecule has 1 aromatic rings. The molecule has 0 bridgehead atoms. The first kappa shape index (κ1) is 25.2. The van der Waals surface area contributed by atoms with Crippen molar-refractivity contribution >= 4 is 30.7 Å². The quantitative estimate of drug-likeness (QED) is 0.722. The van der Waals surface area contributed by atoms with Gasteiger partial charge in [-0.05, 0) is 69.2 Å². The summed E-state index contributed by atoms with van der Waals surface area (Å²) in [6, 6.07) is 8.72. The third-order valence-electron chi connectivity index (χ3n) is 6.35. The lowest BCUT2D eigenvalue weighted by molar-refractivity contribution is -0.123. The minimum Gasteiger partial charge on any atom is -0.354 e. The Kier molecular flexibility index (Phi) is 10.3. The van der Waals surface area contributed by atoms with Gasteiger partial charge in [0.25, 0.3) is 0 Å². The highest BCUT2D eigenvalue weighted by Crippen LogP contribution is 2.25. The fraction of sp³-hybridized carbons (Fsp3) is 0.682. The van der Waals surface area contributed by atoms with Crippen molar-refractivity contribution in [3.8, 4) is 0 Å². The number of nitrogens with zero attached hydrogens (tertiary/aromatic N) is 1. The van der Waals surface area contributed by atoms with Crippen molar-refractivity contribution < 1.29 is 4.79 Å². The molecule has 0 spiro atoms. The Morgan fingerprint density at radius 1 is 1.29 bits per heavy atom. The number of hydrogen-bond donors (Lipinski definition) is 2. The van der Waals surface area contributed by atoms with Crippen LogP contribution < -0.4 is 10.6 Å². The normalized spacial score (nSPS) is 20.9. The van der Waals surface area contributed by atoms with Crippen molar-refractivity contribution in [3.63, 3.8) is 0 Å². The van der Waals surface area contributed by atoms with E-state index in [-0.39, 0.29) is 36.3 Å². The second kappa shape index (κ2) is 11.4. The molecule has 0 aliphatic carbocycles. The summed E-state index contributed by atoms with van der Waals surface area (Å²) in [5.41, 5.74) is 2.87. The Hall–Kier alpha value is -0.810. The third kappa shape index (κ3) is 6.62. The summed E-state index contributed by atoms with van der Waals surface area (Å²) in [5, 5.41) is 6.67. The molecule has 1 amide bonds. The molecule has 2 heterocycles. The van der Waals surface area contributed by atoms with E-state index in [4.69, 9.17) is 0 Å². The maximum Gasteiger partial charge on any atom is 0.220 e. The van der Waals surface area contributed by atoms with Gasteiger partial charge in [0, 0.05) is 31.6 Å². The van der Waals surface area contributed by atoms with Crippen LogP contribution >= 0.6 is 24.8 Å². The Morgan fingerprint density at radius 2 is 2.00 bits per heavy atom. The molecule has 28 heavy (non-hydrogen) atoms. The van der Waals surface area contributed by atoms with Crippen molar-refractivity contribution in [1.82, 2.24) is 15.5 Å². The van der Waals surface area contributed by atoms with Gasteiger partial charge in [-0.25, -0.2) is 0 Å². The number of fused-ring (bicyclic) bond motifs is 1. The van der Waals surface area contributed by atoms with E-state index in [1.807, 2.05) is 0 Å². The number of carbonyl (C=O) groups excluding carboxylic acids is 1. The van der Waals surface area contributed by atoms with Crippen molar-refractivity contribution in [1.29, 1.82) is 0 Å². The van der Waals surface area contributed by atoms with Gasteiger partial charge >= 0.3 is 0 Å². The van der Waals surface area contributed by atoms with E-state index >= 15 is 0 Å². The van der Waals surface area contributed by atoms with Gasteiger partial charge in [0.2, 0.25) is 5.91 Å². The van der Waals surface area contributed by atoms with E-state index in [1.165, 1.54) is 24.0 Å². The van der Waals surface area contributed by atoms with Gasteiger partial charge in [-0.1, -0.05) is 31.2 Å². The topological polar surface area (TPSA) is 44.4 Å². The van der Waals surface area contributed by atoms with Crippen LogP contribution in [0.2, 0.25) is 0 Å². The highest BCUT2D eigenvalue weighted by Gasteiger charge is 2.30. The smallest absolute Gasteiger partial charge is 0.220 e. The van der Waals surface area contributed by atoms with Crippen LogP contribution in [0.5, 0.6) is 0 Å². The summed E-state index contributed by atoms with van der Waals surface area (Å²) >= 11 is 0. The third-order valence-corrected chi connectivity index (χ3v) is 6.35. The zero-order valence-corrected chi connectivity index (χ0v) is 19.1. The molecule has 2 N–H and O–H groups in total. The lowest BCUT2D eigenvalue weighted by atomic mass is 9.85. The van der Waals surface area contributed by atoms with Crippen LogP contribution in [0.15, 0.2) is 24.3 Å². The predicted octanol–water partition coefficient (Wildman–Crippen LogP) is 3.81. The second-order valence-corrected chi connectivity index (χ2v) is 8.82. The summed E-state index contributed by atoms with van der Waals surface area (Å²) in [7, 11) is 0. The van der Waals surface area contributed by atoms with Gasteiger partial charge in [0.05, 0.1) is 0 Å². The van der Waals surface area contributed by atoms with Crippen molar-refractivity contribution in [3.05, 3.63) is 35.4 Å². The van der Waals surface area contributed by atoms with Gasteiger partial charge in [0.1, 0.15) is 0 Å². The van der Waals surface area contributed by atoms with E-state index in [1.54, 1.807) is 0 Å². The molecule has 1 saturated heterocycles. The maximum atomic E-state index is 12.5. The molecule has 2 unspecified atom stereocenters. The molecule has 160 valence electrons. The largest absolute Gasteiger partial charge is 0.354 e. The first-order chi connectivity index (χ1) is 12.5. The zero-order valence-electron chi connectivity index (χ0n) is 17.5. The average molecular weight is 430 g/mol. The van der Waals surface area contributed by atoms with E-state index < -0.39 is 0 Å². The molecular formula is C22H37Cl2N3O. The van der Waals surface area contributed by atoms with Crippen LogP contribution in [0.25, 0.3) is 0 Å². The number of piperidine rings is 1. The highest BCUT2D eigenvalue weighted by atomic mass is 35.5. The lowest BCUT2D eigenvalue weighted by Gasteiger charge is -2.41. The number of benzene rings is 1. The van der Waals surface area contributed by atoms with Gasteiger partial charge < -0.3 is 10.6 Å². The Labute approximate surface area is 183 Å². The van der Waals surface area contributed by atoms with Crippen LogP contribution in [0.4, 0.5) is 0 Å². The lowest BCUT2D eigenvalue weighted by Crippen LogP contribution is -2.53. The van der Waals surface area contributed by atoms with Crippen molar-refractivity contribution in [2.24, 2.45) is 11.8 Å². The van der Waals surface area contributed by atoms with E-state index in [9.17, 15) is 4.79 Å². The number of nitrogens with one attached hydrogen (secondary N) is 2. The number of amides is 1. The summed E-state index contributed by atoms with van der Waals surface area (Å²) in [6.45, 7) is 11.7. The Balaban J connectivity index is 0.00000196. The van der Waals surface area contributed by atoms with Gasteiger partial charge in [-0.3, -0.25) is 9.69 Å². The fourth-order valence-corrected chi connectivity index (χ4v) is 4.33. The molecule has 3 rings (SSSR count). The van der Waals surface area contributed by atoms with Crippen molar-refractivity contribution in [2.75, 3.05) is 26.2 Å². The van der Waals surface area contributed by atoms with Crippen LogP contribution in [-0.4, -0.2) is 42.5 Å². The summed E-state index contributed by atoms with van der Waals surface area (Å²) in [5.74, 6) is 1.29. The van der Waals surface area contributed by atoms with Crippen LogP contribution in [0.1, 0.15) is 51.2 Å². The first-order valence-corrected chi connectivity index (χ1v) is 10.2. The monoisotopic (exact) mass is 429 g/mol. The molecule has 2 atom stereocenters. The molecule has 6 heteroatoms. The maximum absolute atomic E-state index is 12.5. The minimum atomic E-state index is -0.0289. The van der Waals surface area contributed by atoms with Crippen molar-refractivity contribution in [2.45, 2.75) is 58.5 Å². The molecule has 4 nitrogen and oxygen atoms in total. The molecule has 0 aromatic heterocycles.